The fourth-order valence-corrected chi connectivity index (χ4v) is 3.98. The Hall–Kier alpha value is -0.0400. The molecule has 0 aromatic heterocycles. The van der Waals surface area contributed by atoms with Gasteiger partial charge in [0.25, 0.3) is 0 Å². The fourth-order valence-electron chi connectivity index (χ4n) is 3.98. The fraction of sp³-hybridized carbons (Fsp3) is 1.00. The summed E-state index contributed by atoms with van der Waals surface area (Å²) in [4.78, 5) is 0. The first-order valence-corrected chi connectivity index (χ1v) is 6.48. The summed E-state index contributed by atoms with van der Waals surface area (Å²) in [7, 11) is 2.13. The maximum Gasteiger partial charge on any atom is 0.00671 e. The van der Waals surface area contributed by atoms with Gasteiger partial charge < -0.3 is 5.32 Å². The summed E-state index contributed by atoms with van der Waals surface area (Å²) in [5, 5.41) is 3.47. The first-order valence-electron chi connectivity index (χ1n) is 6.48. The van der Waals surface area contributed by atoms with Crippen molar-refractivity contribution in [1.82, 2.24) is 5.32 Å². The van der Waals surface area contributed by atoms with Crippen molar-refractivity contribution in [1.29, 1.82) is 0 Å². The van der Waals surface area contributed by atoms with E-state index in [9.17, 15) is 0 Å². The predicted molar refractivity (Wildman–Crippen MR) is 61.4 cm³/mol. The number of hydrogen-bond acceptors (Lipinski definition) is 1. The summed E-state index contributed by atoms with van der Waals surface area (Å²) >= 11 is 0. The lowest BCUT2D eigenvalue weighted by molar-refractivity contribution is 0.0791. The van der Waals surface area contributed by atoms with Crippen molar-refractivity contribution in [2.24, 2.45) is 11.3 Å². The van der Waals surface area contributed by atoms with Gasteiger partial charge in [-0.2, -0.15) is 0 Å². The summed E-state index contributed by atoms with van der Waals surface area (Å²) in [5.74, 6) is 1.01. The van der Waals surface area contributed by atoms with Crippen LogP contribution < -0.4 is 5.32 Å². The summed E-state index contributed by atoms with van der Waals surface area (Å²) in [6.07, 6.45) is 11.8. The molecule has 2 aliphatic carbocycles. The van der Waals surface area contributed by atoms with Crippen LogP contribution >= 0.6 is 0 Å². The van der Waals surface area contributed by atoms with Crippen LogP contribution in [0.1, 0.15) is 58.3 Å². The van der Waals surface area contributed by atoms with Crippen LogP contribution in [-0.2, 0) is 0 Å². The van der Waals surface area contributed by atoms with Crippen molar-refractivity contribution in [3.63, 3.8) is 0 Å². The summed E-state index contributed by atoms with van der Waals surface area (Å²) in [6.45, 7) is 2.39. The molecule has 2 rings (SSSR count). The molecular weight excluding hydrogens is 170 g/mol. The standard InChI is InChI=1S/C13H25N/c1-3-11-10-12(14-2)6-9-13(11)7-4-5-8-13/h11-12,14H,3-10H2,1-2H3. The lowest BCUT2D eigenvalue weighted by Gasteiger charge is -2.44. The van der Waals surface area contributed by atoms with E-state index < -0.39 is 0 Å². The van der Waals surface area contributed by atoms with E-state index in [4.69, 9.17) is 0 Å². The van der Waals surface area contributed by atoms with E-state index in [1.807, 2.05) is 0 Å². The molecule has 2 saturated carbocycles. The van der Waals surface area contributed by atoms with E-state index in [1.54, 1.807) is 0 Å². The molecule has 1 heteroatoms. The van der Waals surface area contributed by atoms with Gasteiger partial charge in [0, 0.05) is 6.04 Å². The van der Waals surface area contributed by atoms with E-state index >= 15 is 0 Å². The highest BCUT2D eigenvalue weighted by atomic mass is 14.9. The van der Waals surface area contributed by atoms with Crippen LogP contribution in [-0.4, -0.2) is 13.1 Å². The van der Waals surface area contributed by atoms with Gasteiger partial charge >= 0.3 is 0 Å². The lowest BCUT2D eigenvalue weighted by Crippen LogP contribution is -2.41. The minimum atomic E-state index is 0.780. The summed E-state index contributed by atoms with van der Waals surface area (Å²) < 4.78 is 0. The van der Waals surface area contributed by atoms with Gasteiger partial charge in [0.15, 0.2) is 0 Å². The van der Waals surface area contributed by atoms with Gasteiger partial charge in [-0.3, -0.25) is 0 Å². The second-order valence-corrected chi connectivity index (χ2v) is 5.43. The Labute approximate surface area is 88.7 Å². The van der Waals surface area contributed by atoms with E-state index in [-0.39, 0.29) is 0 Å². The van der Waals surface area contributed by atoms with Gasteiger partial charge in [-0.05, 0) is 50.5 Å². The molecule has 1 N–H and O–H groups in total. The Kier molecular flexibility index (Phi) is 3.16. The van der Waals surface area contributed by atoms with Crippen LogP contribution in [0.4, 0.5) is 0 Å². The normalized spacial score (nSPS) is 36.4. The van der Waals surface area contributed by atoms with Crippen molar-refractivity contribution >= 4 is 0 Å². The van der Waals surface area contributed by atoms with Gasteiger partial charge in [-0.15, -0.1) is 0 Å². The molecule has 0 heterocycles. The van der Waals surface area contributed by atoms with Crippen LogP contribution in [0.5, 0.6) is 0 Å². The molecule has 0 amide bonds. The van der Waals surface area contributed by atoms with Gasteiger partial charge in [-0.25, -0.2) is 0 Å². The second-order valence-electron chi connectivity index (χ2n) is 5.43. The molecule has 1 spiro atoms. The molecule has 0 aromatic carbocycles. The minimum absolute atomic E-state index is 0.780. The Balaban J connectivity index is 2.04. The maximum atomic E-state index is 3.47. The monoisotopic (exact) mass is 195 g/mol. The highest BCUT2D eigenvalue weighted by Crippen LogP contribution is 2.53. The topological polar surface area (TPSA) is 12.0 Å². The average Bonchev–Trinajstić information content (AvgIpc) is 2.68. The first-order chi connectivity index (χ1) is 6.80. The predicted octanol–water partition coefficient (Wildman–Crippen LogP) is 3.34. The molecule has 0 saturated heterocycles. The van der Waals surface area contributed by atoms with Crippen LogP contribution in [0, 0.1) is 11.3 Å². The third-order valence-corrected chi connectivity index (χ3v) is 4.93. The molecule has 0 radical (unpaired) electrons. The Bertz CT molecular complexity index is 182. The SMILES string of the molecule is CCC1CC(NC)CCC12CCCC2. The zero-order chi connectivity index (χ0) is 10.0. The lowest BCUT2D eigenvalue weighted by atomic mass is 9.63. The van der Waals surface area contributed by atoms with E-state index in [0.717, 1.165) is 17.4 Å². The molecular formula is C13H25N. The van der Waals surface area contributed by atoms with Crippen molar-refractivity contribution in [3.8, 4) is 0 Å². The Morgan fingerprint density at radius 2 is 1.93 bits per heavy atom. The van der Waals surface area contributed by atoms with E-state index in [1.165, 1.54) is 51.4 Å². The van der Waals surface area contributed by atoms with Crippen molar-refractivity contribution in [3.05, 3.63) is 0 Å². The van der Waals surface area contributed by atoms with Crippen molar-refractivity contribution in [2.45, 2.75) is 64.3 Å². The van der Waals surface area contributed by atoms with Crippen molar-refractivity contribution in [2.75, 3.05) is 7.05 Å². The molecule has 0 bridgehead atoms. The highest BCUT2D eigenvalue weighted by Gasteiger charge is 2.43. The van der Waals surface area contributed by atoms with Gasteiger partial charge in [0.2, 0.25) is 0 Å². The smallest absolute Gasteiger partial charge is 0.00671 e. The first kappa shape index (κ1) is 10.5. The van der Waals surface area contributed by atoms with Crippen LogP contribution in [0.3, 0.4) is 0 Å². The third kappa shape index (κ3) is 1.71. The van der Waals surface area contributed by atoms with E-state index in [2.05, 4.69) is 19.3 Å². The van der Waals surface area contributed by atoms with Gasteiger partial charge in [0.1, 0.15) is 0 Å². The largest absolute Gasteiger partial charge is 0.317 e. The third-order valence-electron chi connectivity index (χ3n) is 4.93. The van der Waals surface area contributed by atoms with Crippen LogP contribution in [0.15, 0.2) is 0 Å². The summed E-state index contributed by atoms with van der Waals surface area (Å²) in [5.41, 5.74) is 0.780. The molecule has 0 aromatic rings. The van der Waals surface area contributed by atoms with Crippen molar-refractivity contribution < 1.29 is 0 Å². The molecule has 82 valence electrons. The van der Waals surface area contributed by atoms with E-state index in [0.29, 0.717) is 0 Å². The van der Waals surface area contributed by atoms with Gasteiger partial charge in [0.05, 0.1) is 0 Å². The van der Waals surface area contributed by atoms with Gasteiger partial charge in [-0.1, -0.05) is 26.2 Å². The average molecular weight is 195 g/mol. The zero-order valence-electron chi connectivity index (χ0n) is 9.81. The van der Waals surface area contributed by atoms with Crippen LogP contribution in [0.2, 0.25) is 0 Å². The number of rotatable bonds is 2. The Morgan fingerprint density at radius 1 is 1.21 bits per heavy atom. The number of nitrogens with one attached hydrogen (secondary N) is 1. The van der Waals surface area contributed by atoms with Crippen LogP contribution in [0.25, 0.3) is 0 Å². The minimum Gasteiger partial charge on any atom is -0.317 e. The second kappa shape index (κ2) is 4.22. The molecule has 2 aliphatic rings. The molecule has 2 atom stereocenters. The molecule has 2 unspecified atom stereocenters. The maximum absolute atomic E-state index is 3.47. The molecule has 0 aliphatic heterocycles. The summed E-state index contributed by atoms with van der Waals surface area (Å²) in [6, 6.07) is 0.811. The highest BCUT2D eigenvalue weighted by molar-refractivity contribution is 4.96. The molecule has 14 heavy (non-hydrogen) atoms. The molecule has 2 fully saturated rings. The Morgan fingerprint density at radius 3 is 2.50 bits per heavy atom. The number of hydrogen-bond donors (Lipinski definition) is 1. The zero-order valence-corrected chi connectivity index (χ0v) is 9.81. The molecule has 1 nitrogen and oxygen atoms in total. The quantitative estimate of drug-likeness (QED) is 0.712.